The molecule has 6 heteroatoms. The number of hydrogen-bond donors (Lipinski definition) is 3. The minimum Gasteiger partial charge on any atom is -0.370 e. The average molecular weight is 267 g/mol. The van der Waals surface area contributed by atoms with Gasteiger partial charge in [-0.1, -0.05) is 0 Å². The fraction of sp³-hybridized carbons (Fsp3) is 0.500. The smallest absolute Gasteiger partial charge is 0.237 e. The zero-order chi connectivity index (χ0) is 13.1. The van der Waals surface area contributed by atoms with Crippen molar-refractivity contribution in [1.82, 2.24) is 5.32 Å². The number of thiophene rings is 1. The Morgan fingerprint density at radius 1 is 1.44 bits per heavy atom. The average Bonchev–Trinajstić information content (AvgIpc) is 2.84. The van der Waals surface area contributed by atoms with Crippen molar-refractivity contribution in [1.29, 1.82) is 0 Å². The Bertz CT molecular complexity index is 448. The predicted octanol–water partition coefficient (Wildman–Crippen LogP) is 0.0557. The van der Waals surface area contributed by atoms with Gasteiger partial charge < -0.3 is 16.8 Å². The summed E-state index contributed by atoms with van der Waals surface area (Å²) in [5, 5.41) is 2.73. The van der Waals surface area contributed by atoms with Gasteiger partial charge in [-0.05, 0) is 30.9 Å². The summed E-state index contributed by atoms with van der Waals surface area (Å²) in [4.78, 5) is 24.8. The molecule has 1 heterocycles. The Balaban J connectivity index is 1.83. The fourth-order valence-electron chi connectivity index (χ4n) is 2.09. The zero-order valence-corrected chi connectivity index (χ0v) is 10.9. The fourth-order valence-corrected chi connectivity index (χ4v) is 3.29. The van der Waals surface area contributed by atoms with Crippen LogP contribution in [-0.2, 0) is 29.0 Å². The molecule has 1 aromatic rings. The summed E-state index contributed by atoms with van der Waals surface area (Å²) in [5.74, 6) is -0.893. The third kappa shape index (κ3) is 3.08. The number of rotatable bonds is 5. The number of nitrogens with two attached hydrogens (primary N) is 2. The lowest BCUT2D eigenvalue weighted by Crippen LogP contribution is -2.42. The van der Waals surface area contributed by atoms with Crippen LogP contribution >= 0.6 is 11.3 Å². The SMILES string of the molecule is NC(=O)CC(N)C(=O)NCc1cc2c(s1)CCC2. The summed E-state index contributed by atoms with van der Waals surface area (Å²) in [6, 6.07) is 1.29. The summed E-state index contributed by atoms with van der Waals surface area (Å²) >= 11 is 1.74. The lowest BCUT2D eigenvalue weighted by atomic mass is 10.2. The van der Waals surface area contributed by atoms with Crippen LogP contribution in [0, 0.1) is 0 Å². The van der Waals surface area contributed by atoms with Gasteiger partial charge in [0, 0.05) is 9.75 Å². The highest BCUT2D eigenvalue weighted by Crippen LogP contribution is 2.30. The molecule has 2 rings (SSSR count). The zero-order valence-electron chi connectivity index (χ0n) is 10.1. The molecule has 0 aromatic carbocycles. The molecular formula is C12H17N3O2S. The molecule has 1 aliphatic rings. The molecule has 0 fully saturated rings. The van der Waals surface area contributed by atoms with Crippen molar-refractivity contribution in [2.24, 2.45) is 11.5 Å². The van der Waals surface area contributed by atoms with Crippen molar-refractivity contribution in [2.45, 2.75) is 38.3 Å². The molecule has 1 aliphatic carbocycles. The van der Waals surface area contributed by atoms with Gasteiger partial charge in [0.2, 0.25) is 11.8 Å². The number of fused-ring (bicyclic) bond motifs is 1. The maximum atomic E-state index is 11.6. The second-order valence-corrected chi connectivity index (χ2v) is 5.73. The van der Waals surface area contributed by atoms with E-state index in [0.29, 0.717) is 6.54 Å². The predicted molar refractivity (Wildman–Crippen MR) is 70.0 cm³/mol. The highest BCUT2D eigenvalue weighted by Gasteiger charge is 2.17. The third-order valence-corrected chi connectivity index (χ3v) is 4.23. The standard InChI is InChI=1S/C12H17N3O2S/c13-9(5-11(14)16)12(17)15-6-8-4-7-2-1-3-10(7)18-8/h4,9H,1-3,5-6,13H2,(H2,14,16)(H,15,17). The number of amides is 2. The first kappa shape index (κ1) is 13.0. The highest BCUT2D eigenvalue weighted by molar-refractivity contribution is 7.12. The minimum absolute atomic E-state index is 0.118. The summed E-state index contributed by atoms with van der Waals surface area (Å²) in [6.07, 6.45) is 3.40. The first-order valence-corrected chi connectivity index (χ1v) is 6.80. The van der Waals surface area contributed by atoms with E-state index in [4.69, 9.17) is 11.5 Å². The minimum atomic E-state index is -0.852. The maximum absolute atomic E-state index is 11.6. The Hall–Kier alpha value is -1.40. The van der Waals surface area contributed by atoms with E-state index in [2.05, 4.69) is 11.4 Å². The van der Waals surface area contributed by atoms with Gasteiger partial charge in [-0.3, -0.25) is 9.59 Å². The van der Waals surface area contributed by atoms with E-state index in [9.17, 15) is 9.59 Å². The van der Waals surface area contributed by atoms with Crippen LogP contribution in [0.1, 0.15) is 28.2 Å². The molecule has 5 nitrogen and oxygen atoms in total. The molecule has 1 unspecified atom stereocenters. The Kier molecular flexibility index (Phi) is 3.98. The lowest BCUT2D eigenvalue weighted by molar-refractivity contribution is -0.126. The largest absolute Gasteiger partial charge is 0.370 e. The van der Waals surface area contributed by atoms with Gasteiger partial charge >= 0.3 is 0 Å². The molecular weight excluding hydrogens is 250 g/mol. The van der Waals surface area contributed by atoms with Crippen molar-refractivity contribution in [3.8, 4) is 0 Å². The second-order valence-electron chi connectivity index (χ2n) is 4.51. The van der Waals surface area contributed by atoms with Gasteiger partial charge in [-0.2, -0.15) is 0 Å². The topological polar surface area (TPSA) is 98.2 Å². The summed E-state index contributed by atoms with van der Waals surface area (Å²) in [7, 11) is 0. The van der Waals surface area contributed by atoms with Crippen molar-refractivity contribution in [3.05, 3.63) is 21.4 Å². The van der Waals surface area contributed by atoms with Gasteiger partial charge in [0.15, 0.2) is 0 Å². The van der Waals surface area contributed by atoms with Crippen LogP contribution in [-0.4, -0.2) is 17.9 Å². The van der Waals surface area contributed by atoms with Crippen LogP contribution < -0.4 is 16.8 Å². The number of nitrogens with one attached hydrogen (secondary N) is 1. The van der Waals surface area contributed by atoms with Crippen molar-refractivity contribution >= 4 is 23.2 Å². The van der Waals surface area contributed by atoms with E-state index in [-0.39, 0.29) is 12.3 Å². The molecule has 98 valence electrons. The molecule has 5 N–H and O–H groups in total. The Morgan fingerprint density at radius 2 is 2.22 bits per heavy atom. The van der Waals surface area contributed by atoms with Crippen LogP contribution in [0.15, 0.2) is 6.07 Å². The maximum Gasteiger partial charge on any atom is 0.237 e. The number of hydrogen-bond acceptors (Lipinski definition) is 4. The quantitative estimate of drug-likeness (QED) is 0.703. The summed E-state index contributed by atoms with van der Waals surface area (Å²) in [5.41, 5.74) is 11.9. The molecule has 0 saturated carbocycles. The number of aryl methyl sites for hydroxylation is 2. The number of carbonyl (C=O) groups is 2. The highest BCUT2D eigenvalue weighted by atomic mass is 32.1. The van der Waals surface area contributed by atoms with E-state index in [1.54, 1.807) is 11.3 Å². The number of carbonyl (C=O) groups excluding carboxylic acids is 2. The van der Waals surface area contributed by atoms with E-state index >= 15 is 0 Å². The van der Waals surface area contributed by atoms with E-state index < -0.39 is 11.9 Å². The van der Waals surface area contributed by atoms with E-state index in [1.165, 1.54) is 16.9 Å². The van der Waals surface area contributed by atoms with Crippen molar-refractivity contribution in [3.63, 3.8) is 0 Å². The van der Waals surface area contributed by atoms with Crippen LogP contribution in [0.3, 0.4) is 0 Å². The molecule has 0 saturated heterocycles. The molecule has 2 amide bonds. The summed E-state index contributed by atoms with van der Waals surface area (Å²) < 4.78 is 0. The molecule has 0 aliphatic heterocycles. The van der Waals surface area contributed by atoms with Gasteiger partial charge in [0.25, 0.3) is 0 Å². The third-order valence-electron chi connectivity index (χ3n) is 2.99. The van der Waals surface area contributed by atoms with Gasteiger partial charge in [0.05, 0.1) is 19.0 Å². The number of primary amides is 1. The van der Waals surface area contributed by atoms with E-state index in [1.807, 2.05) is 0 Å². The molecule has 18 heavy (non-hydrogen) atoms. The molecule has 0 spiro atoms. The van der Waals surface area contributed by atoms with Gasteiger partial charge in [-0.25, -0.2) is 0 Å². The van der Waals surface area contributed by atoms with Crippen molar-refractivity contribution < 1.29 is 9.59 Å². The molecule has 1 aromatic heterocycles. The second kappa shape index (κ2) is 5.49. The Morgan fingerprint density at radius 3 is 2.89 bits per heavy atom. The van der Waals surface area contributed by atoms with Crippen LogP contribution in [0.5, 0.6) is 0 Å². The summed E-state index contributed by atoms with van der Waals surface area (Å²) in [6.45, 7) is 0.475. The molecule has 1 atom stereocenters. The monoisotopic (exact) mass is 267 g/mol. The van der Waals surface area contributed by atoms with E-state index in [0.717, 1.165) is 17.7 Å². The van der Waals surface area contributed by atoms with Gasteiger partial charge in [-0.15, -0.1) is 11.3 Å². The lowest BCUT2D eigenvalue weighted by Gasteiger charge is -2.09. The molecule has 0 radical (unpaired) electrons. The molecule has 0 bridgehead atoms. The first-order chi connectivity index (χ1) is 8.56. The Labute approximate surface area is 110 Å². The van der Waals surface area contributed by atoms with Crippen LogP contribution in [0.4, 0.5) is 0 Å². The van der Waals surface area contributed by atoms with Crippen molar-refractivity contribution in [2.75, 3.05) is 0 Å². The van der Waals surface area contributed by atoms with Crippen LogP contribution in [0.2, 0.25) is 0 Å². The first-order valence-electron chi connectivity index (χ1n) is 5.98. The van der Waals surface area contributed by atoms with Gasteiger partial charge in [0.1, 0.15) is 0 Å². The van der Waals surface area contributed by atoms with Crippen LogP contribution in [0.25, 0.3) is 0 Å². The normalized spacial score (nSPS) is 15.2.